The summed E-state index contributed by atoms with van der Waals surface area (Å²) in [5, 5.41) is 0.931. The maximum Gasteiger partial charge on any atom is 0.142 e. The third-order valence-corrected chi connectivity index (χ3v) is 2.66. The fourth-order valence-corrected chi connectivity index (χ4v) is 1.63. The van der Waals surface area contributed by atoms with Crippen LogP contribution in [0.25, 0.3) is 0 Å². The lowest BCUT2D eigenvalue weighted by molar-refractivity contribution is 0.626. The largest absolute Gasteiger partial charge is 0.205 e. The van der Waals surface area contributed by atoms with Gasteiger partial charge in [0.25, 0.3) is 0 Å². The van der Waals surface area contributed by atoms with Gasteiger partial charge in [-0.1, -0.05) is 33.6 Å². The maximum atomic E-state index is 12.7. The Kier molecular flexibility index (Phi) is 2.90. The first kappa shape index (κ1) is 9.01. The van der Waals surface area contributed by atoms with Crippen molar-refractivity contribution in [2.45, 2.75) is 12.3 Å². The van der Waals surface area contributed by atoms with Crippen molar-refractivity contribution in [1.29, 1.82) is 0 Å². The van der Waals surface area contributed by atoms with Crippen LogP contribution in [0.3, 0.4) is 0 Å². The van der Waals surface area contributed by atoms with E-state index in [0.717, 1.165) is 11.1 Å². The molecule has 1 aromatic rings. The highest BCUT2D eigenvalue weighted by atomic mass is 79.9. The molecule has 0 saturated carbocycles. The van der Waals surface area contributed by atoms with Crippen LogP contribution >= 0.6 is 27.5 Å². The molecule has 1 rings (SSSR count). The summed E-state index contributed by atoms with van der Waals surface area (Å²) in [7, 11) is 0. The van der Waals surface area contributed by atoms with E-state index in [1.807, 2.05) is 6.92 Å². The first-order chi connectivity index (χ1) is 5.16. The molecule has 0 spiro atoms. The molecule has 0 saturated heterocycles. The molecule has 0 bridgehead atoms. The molecule has 0 aliphatic rings. The fourth-order valence-electron chi connectivity index (χ4n) is 0.837. The van der Waals surface area contributed by atoms with Crippen molar-refractivity contribution in [3.63, 3.8) is 0 Å². The van der Waals surface area contributed by atoms with Crippen molar-refractivity contribution in [1.82, 2.24) is 0 Å². The van der Waals surface area contributed by atoms with E-state index in [1.165, 1.54) is 6.07 Å². The number of hydrogen-bond donors (Lipinski definition) is 0. The van der Waals surface area contributed by atoms with E-state index in [9.17, 15) is 4.39 Å². The first-order valence-electron chi connectivity index (χ1n) is 3.16. The summed E-state index contributed by atoms with van der Waals surface area (Å²) in [5.41, 5.74) is 1.83. The van der Waals surface area contributed by atoms with E-state index in [4.69, 9.17) is 11.6 Å². The third kappa shape index (κ3) is 1.74. The zero-order chi connectivity index (χ0) is 8.43. The number of rotatable bonds is 1. The minimum atomic E-state index is -0.353. The summed E-state index contributed by atoms with van der Waals surface area (Å²) in [4.78, 5) is 0. The van der Waals surface area contributed by atoms with Crippen molar-refractivity contribution in [3.05, 3.63) is 34.1 Å². The van der Waals surface area contributed by atoms with Crippen LogP contribution in [-0.2, 0) is 5.33 Å². The Morgan fingerprint density at radius 1 is 1.55 bits per heavy atom. The van der Waals surface area contributed by atoms with Crippen LogP contribution in [0.2, 0.25) is 5.02 Å². The minimum absolute atomic E-state index is 0.224. The molecule has 1 aromatic carbocycles. The van der Waals surface area contributed by atoms with Crippen LogP contribution < -0.4 is 0 Å². The number of halogens is 3. The van der Waals surface area contributed by atoms with Crippen LogP contribution in [0.5, 0.6) is 0 Å². The standard InChI is InChI=1S/C8H7BrClF/c1-5-6(4-9)2-3-7(11)8(5)10/h2-3H,4H2,1H3. The second kappa shape index (κ2) is 3.55. The summed E-state index contributed by atoms with van der Waals surface area (Å²) in [6.45, 7) is 1.81. The molecule has 0 heterocycles. The molecule has 0 aliphatic carbocycles. The van der Waals surface area contributed by atoms with Gasteiger partial charge in [0.15, 0.2) is 0 Å². The van der Waals surface area contributed by atoms with E-state index < -0.39 is 0 Å². The normalized spacial score (nSPS) is 10.2. The predicted molar refractivity (Wildman–Crippen MR) is 48.8 cm³/mol. The van der Waals surface area contributed by atoms with E-state index >= 15 is 0 Å². The van der Waals surface area contributed by atoms with Gasteiger partial charge in [-0.3, -0.25) is 0 Å². The summed E-state index contributed by atoms with van der Waals surface area (Å²) < 4.78 is 12.7. The number of hydrogen-bond acceptors (Lipinski definition) is 0. The molecule has 60 valence electrons. The molecule has 0 atom stereocenters. The second-order valence-corrected chi connectivity index (χ2v) is 3.22. The minimum Gasteiger partial charge on any atom is -0.205 e. The smallest absolute Gasteiger partial charge is 0.142 e. The average molecular weight is 237 g/mol. The topological polar surface area (TPSA) is 0 Å². The molecule has 0 aliphatic heterocycles. The molecule has 0 N–H and O–H groups in total. The molecular weight excluding hydrogens is 230 g/mol. The van der Waals surface area contributed by atoms with Crippen LogP contribution in [0.15, 0.2) is 12.1 Å². The Morgan fingerprint density at radius 3 is 2.73 bits per heavy atom. The molecule has 11 heavy (non-hydrogen) atoms. The lowest BCUT2D eigenvalue weighted by Gasteiger charge is -2.03. The zero-order valence-electron chi connectivity index (χ0n) is 6.00. The lowest BCUT2D eigenvalue weighted by Crippen LogP contribution is -1.88. The first-order valence-corrected chi connectivity index (χ1v) is 4.66. The highest BCUT2D eigenvalue weighted by molar-refractivity contribution is 9.08. The van der Waals surface area contributed by atoms with Crippen molar-refractivity contribution in [2.24, 2.45) is 0 Å². The van der Waals surface area contributed by atoms with Gasteiger partial charge in [-0.2, -0.15) is 0 Å². The van der Waals surface area contributed by atoms with Gasteiger partial charge < -0.3 is 0 Å². The molecule has 0 unspecified atom stereocenters. The van der Waals surface area contributed by atoms with E-state index in [0.29, 0.717) is 5.33 Å². The van der Waals surface area contributed by atoms with Gasteiger partial charge in [0.05, 0.1) is 5.02 Å². The highest BCUT2D eigenvalue weighted by Gasteiger charge is 2.05. The molecule has 0 aromatic heterocycles. The molecule has 0 nitrogen and oxygen atoms in total. The van der Waals surface area contributed by atoms with Gasteiger partial charge in [-0.15, -0.1) is 0 Å². The quantitative estimate of drug-likeness (QED) is 0.654. The van der Waals surface area contributed by atoms with Crippen molar-refractivity contribution in [3.8, 4) is 0 Å². The Balaban J connectivity index is 3.25. The van der Waals surface area contributed by atoms with Gasteiger partial charge in [0.2, 0.25) is 0 Å². The van der Waals surface area contributed by atoms with Crippen molar-refractivity contribution >= 4 is 27.5 Å². The Hall–Kier alpha value is -0.0800. The highest BCUT2D eigenvalue weighted by Crippen LogP contribution is 2.23. The van der Waals surface area contributed by atoms with E-state index in [2.05, 4.69) is 15.9 Å². The maximum absolute atomic E-state index is 12.7. The van der Waals surface area contributed by atoms with Crippen LogP contribution in [0.1, 0.15) is 11.1 Å². The van der Waals surface area contributed by atoms with Crippen LogP contribution in [0.4, 0.5) is 4.39 Å². The van der Waals surface area contributed by atoms with E-state index in [1.54, 1.807) is 6.07 Å². The van der Waals surface area contributed by atoms with Gasteiger partial charge in [0, 0.05) is 5.33 Å². The predicted octanol–water partition coefficient (Wildman–Crippen LogP) is 3.68. The fraction of sp³-hybridized carbons (Fsp3) is 0.250. The summed E-state index contributed by atoms with van der Waals surface area (Å²) in [6, 6.07) is 3.11. The third-order valence-electron chi connectivity index (χ3n) is 1.60. The monoisotopic (exact) mass is 236 g/mol. The lowest BCUT2D eigenvalue weighted by atomic mass is 10.1. The van der Waals surface area contributed by atoms with Gasteiger partial charge in [-0.05, 0) is 24.1 Å². The number of benzene rings is 1. The Labute approximate surface area is 78.5 Å². The zero-order valence-corrected chi connectivity index (χ0v) is 8.34. The summed E-state index contributed by atoms with van der Waals surface area (Å²) >= 11 is 8.95. The van der Waals surface area contributed by atoms with Crippen molar-refractivity contribution in [2.75, 3.05) is 0 Å². The van der Waals surface area contributed by atoms with E-state index in [-0.39, 0.29) is 10.8 Å². The Bertz CT molecular complexity index is 273. The summed E-state index contributed by atoms with van der Waals surface area (Å²) in [6.07, 6.45) is 0. The molecule has 3 heteroatoms. The van der Waals surface area contributed by atoms with Gasteiger partial charge >= 0.3 is 0 Å². The van der Waals surface area contributed by atoms with Gasteiger partial charge in [-0.25, -0.2) is 4.39 Å². The average Bonchev–Trinajstić information content (AvgIpc) is 2.01. The van der Waals surface area contributed by atoms with Crippen molar-refractivity contribution < 1.29 is 4.39 Å². The van der Waals surface area contributed by atoms with Gasteiger partial charge in [0.1, 0.15) is 5.82 Å². The molecule has 0 amide bonds. The number of alkyl halides is 1. The summed E-state index contributed by atoms with van der Waals surface area (Å²) in [5.74, 6) is -0.353. The van der Waals surface area contributed by atoms with Crippen LogP contribution in [-0.4, -0.2) is 0 Å². The SMILES string of the molecule is Cc1c(CBr)ccc(F)c1Cl. The second-order valence-electron chi connectivity index (χ2n) is 2.28. The molecular formula is C8H7BrClF. The molecule has 0 fully saturated rings. The van der Waals surface area contributed by atoms with Crippen LogP contribution in [0, 0.1) is 12.7 Å². The molecule has 0 radical (unpaired) electrons. The Morgan fingerprint density at radius 2 is 2.18 bits per heavy atom.